The summed E-state index contributed by atoms with van der Waals surface area (Å²) in [5, 5.41) is 51.5. The molecule has 0 atom stereocenters. The highest BCUT2D eigenvalue weighted by molar-refractivity contribution is 6.40. The largest absolute Gasteiger partial charge is 0.493 e. The van der Waals surface area contributed by atoms with Crippen molar-refractivity contribution >= 4 is 78.2 Å². The lowest BCUT2D eigenvalue weighted by Crippen LogP contribution is -2.19. The molecule has 8 nitrogen and oxygen atoms in total. The maximum absolute atomic E-state index is 13.8. The monoisotopic (exact) mass is 746 g/mol. The van der Waals surface area contributed by atoms with Crippen LogP contribution in [0.1, 0.15) is 133 Å². The summed E-state index contributed by atoms with van der Waals surface area (Å²) < 4.78 is 0. The van der Waals surface area contributed by atoms with Crippen LogP contribution in [0.5, 0.6) is 0 Å². The van der Waals surface area contributed by atoms with Crippen LogP contribution in [0.15, 0.2) is 94.9 Å². The van der Waals surface area contributed by atoms with Gasteiger partial charge in [-0.25, -0.2) is 19.6 Å². The van der Waals surface area contributed by atoms with E-state index in [0.717, 1.165) is 38.4 Å². The van der Waals surface area contributed by atoms with Gasteiger partial charge in [-0.05, 0) is 84.3 Å². The quantitative estimate of drug-likeness (QED) is 0.0475. The first-order valence-corrected chi connectivity index (χ1v) is 19.1. The molecule has 0 aromatic heterocycles. The number of nitrogens with zero attached hydrogens (tertiary/aromatic N) is 2. The molecule has 0 aliphatic heterocycles. The van der Waals surface area contributed by atoms with Crippen molar-refractivity contribution < 1.29 is 30.0 Å². The fourth-order valence-corrected chi connectivity index (χ4v) is 8.33. The zero-order chi connectivity index (χ0) is 40.3. The first-order chi connectivity index (χ1) is 26.6. The first kappa shape index (κ1) is 38.0. The van der Waals surface area contributed by atoms with Gasteiger partial charge >= 0.3 is 11.9 Å². The highest BCUT2D eigenvalue weighted by Gasteiger charge is 2.33. The molecule has 8 heteroatoms. The lowest BCUT2D eigenvalue weighted by Gasteiger charge is -2.23. The van der Waals surface area contributed by atoms with Crippen molar-refractivity contribution in [1.82, 2.24) is 0 Å². The second-order valence-corrected chi connectivity index (χ2v) is 15.8. The van der Waals surface area contributed by atoms with E-state index in [-0.39, 0.29) is 45.7 Å². The van der Waals surface area contributed by atoms with Gasteiger partial charge in [-0.3, -0.25) is 0 Å². The minimum absolute atomic E-state index is 0.0105. The Balaban J connectivity index is 1.81. The normalized spacial score (nSPS) is 12.9. The Bertz CT molecular complexity index is 2730. The topological polar surface area (TPSA) is 140 Å². The van der Waals surface area contributed by atoms with E-state index in [1.54, 1.807) is 6.07 Å². The fraction of sp³-hybridized carbons (Fsp3) is 0.250. The summed E-state index contributed by atoms with van der Waals surface area (Å²) in [4.78, 5) is 36.7. The number of aliphatic imine (C=N–C) groups is 2. The molecule has 7 rings (SSSR count). The van der Waals surface area contributed by atoms with E-state index in [1.165, 1.54) is 6.07 Å². The van der Waals surface area contributed by atoms with E-state index >= 15 is 0 Å². The third-order valence-corrected chi connectivity index (χ3v) is 10.9. The van der Waals surface area contributed by atoms with Crippen LogP contribution >= 0.6 is 0 Å². The highest BCUT2D eigenvalue weighted by Crippen LogP contribution is 2.47. The number of para-hydroxylation sites is 2. The second-order valence-electron chi connectivity index (χ2n) is 15.8. The number of carboxylic acid groups (broad SMARTS) is 2. The Kier molecular flexibility index (Phi) is 9.79. The maximum atomic E-state index is 13.8. The Morgan fingerprint density at radius 3 is 1.30 bits per heavy atom. The Hall–Kier alpha value is -6.28. The standard InChI is InChI=1S/C48H46N2O6/c1-23(2)28-15-11-16-29(24(3)4)43(28)49-45(51)40-38-34-20-10-14-27-13-9-19-32(36(27)34)33-21-22-35(47(53)54)39(37(33)38)42(48(55)56)41(40)46(52)50-44-30(25(5)6)17-12-18-31(44)26(7)8/h9-26H,1-8H3,(H,49,51)(H,50,52)(H,53,54)(H,55,56). The Morgan fingerprint density at radius 2 is 0.857 bits per heavy atom. The molecular weight excluding hydrogens is 701 g/mol. The van der Waals surface area contributed by atoms with Gasteiger partial charge in [0, 0.05) is 10.8 Å². The number of rotatable bonds is 10. The lowest BCUT2D eigenvalue weighted by molar-refractivity contribution is 0.0695. The van der Waals surface area contributed by atoms with Crippen LogP contribution in [0.25, 0.3) is 43.1 Å². The van der Waals surface area contributed by atoms with Crippen LogP contribution in [0, 0.1) is 0 Å². The molecule has 0 heterocycles. The highest BCUT2D eigenvalue weighted by atomic mass is 16.4. The van der Waals surface area contributed by atoms with Gasteiger partial charge in [-0.2, -0.15) is 0 Å². The Morgan fingerprint density at radius 1 is 0.429 bits per heavy atom. The number of carbonyl (C=O) groups is 2. The molecular formula is C48H46N2O6. The predicted molar refractivity (Wildman–Crippen MR) is 228 cm³/mol. The molecule has 4 N–H and O–H groups in total. The zero-order valence-corrected chi connectivity index (χ0v) is 32.9. The van der Waals surface area contributed by atoms with E-state index < -0.39 is 29.3 Å². The van der Waals surface area contributed by atoms with E-state index in [1.807, 2.05) is 128 Å². The van der Waals surface area contributed by atoms with E-state index in [2.05, 4.69) is 0 Å². The molecule has 7 aromatic rings. The fourth-order valence-electron chi connectivity index (χ4n) is 8.33. The van der Waals surface area contributed by atoms with Crippen LogP contribution in [0.3, 0.4) is 0 Å². The molecule has 56 heavy (non-hydrogen) atoms. The van der Waals surface area contributed by atoms with Gasteiger partial charge in [-0.15, -0.1) is 0 Å². The smallest absolute Gasteiger partial charge is 0.337 e. The predicted octanol–water partition coefficient (Wildman–Crippen LogP) is 12.9. The molecule has 0 fully saturated rings. The van der Waals surface area contributed by atoms with Crippen LogP contribution in [0.4, 0.5) is 11.4 Å². The summed E-state index contributed by atoms with van der Waals surface area (Å²) in [5.41, 5.74) is 3.32. The number of hydrogen-bond donors (Lipinski definition) is 4. The number of aliphatic hydroxyl groups excluding tert-OH is 2. The molecule has 0 aliphatic rings. The van der Waals surface area contributed by atoms with Gasteiger partial charge in [0.2, 0.25) is 11.8 Å². The SMILES string of the molecule is CC(C)c1cccc(C(C)C)c1N=C(O)c1c(C(=O)O)c2c(C(=O)O)ccc3c4cccc5cccc(c(c1C(O)=Nc1c(C(C)C)cccc1C(C)C)c23)c54. The average Bonchev–Trinajstić information content (AvgIpc) is 3.15. The van der Waals surface area contributed by atoms with Crippen molar-refractivity contribution in [2.75, 3.05) is 0 Å². The van der Waals surface area contributed by atoms with Gasteiger partial charge < -0.3 is 20.4 Å². The number of hydrogen-bond acceptors (Lipinski definition) is 4. The minimum Gasteiger partial charge on any atom is -0.493 e. The van der Waals surface area contributed by atoms with Crippen molar-refractivity contribution in [1.29, 1.82) is 0 Å². The van der Waals surface area contributed by atoms with E-state index in [4.69, 9.17) is 9.98 Å². The molecule has 7 aromatic carbocycles. The number of fused-ring (bicyclic) bond motifs is 2. The summed E-state index contributed by atoms with van der Waals surface area (Å²) >= 11 is 0. The molecule has 0 amide bonds. The van der Waals surface area contributed by atoms with E-state index in [0.29, 0.717) is 32.9 Å². The van der Waals surface area contributed by atoms with Crippen molar-refractivity contribution in [3.63, 3.8) is 0 Å². The molecule has 284 valence electrons. The molecule has 0 saturated carbocycles. The van der Waals surface area contributed by atoms with Crippen molar-refractivity contribution in [3.05, 3.63) is 129 Å². The summed E-state index contributed by atoms with van der Waals surface area (Å²) in [6.45, 7) is 16.2. The molecule has 0 bridgehead atoms. The van der Waals surface area contributed by atoms with Crippen LogP contribution in [0.2, 0.25) is 0 Å². The van der Waals surface area contributed by atoms with Crippen molar-refractivity contribution in [3.8, 4) is 0 Å². The number of aromatic carboxylic acids is 2. The average molecular weight is 747 g/mol. The first-order valence-electron chi connectivity index (χ1n) is 19.1. The minimum atomic E-state index is -1.49. The van der Waals surface area contributed by atoms with E-state index in [9.17, 15) is 30.0 Å². The third kappa shape index (κ3) is 6.10. The lowest BCUT2D eigenvalue weighted by atomic mass is 9.81. The zero-order valence-electron chi connectivity index (χ0n) is 32.9. The number of aliphatic hydroxyl groups is 2. The molecule has 0 spiro atoms. The molecule has 0 radical (unpaired) electrons. The molecule has 0 saturated heterocycles. The van der Waals surface area contributed by atoms with Crippen molar-refractivity contribution in [2.24, 2.45) is 9.98 Å². The maximum Gasteiger partial charge on any atom is 0.337 e. The summed E-state index contributed by atoms with van der Waals surface area (Å²) in [6.07, 6.45) is 0. The van der Waals surface area contributed by atoms with Gasteiger partial charge in [-0.1, -0.05) is 134 Å². The number of benzene rings is 7. The molecule has 0 unspecified atom stereocenters. The third-order valence-electron chi connectivity index (χ3n) is 10.9. The summed E-state index contributed by atoms with van der Waals surface area (Å²) in [5.74, 6) is -4.02. The van der Waals surface area contributed by atoms with Gasteiger partial charge in [0.1, 0.15) is 0 Å². The van der Waals surface area contributed by atoms with Gasteiger partial charge in [0.15, 0.2) is 0 Å². The van der Waals surface area contributed by atoms with Crippen LogP contribution < -0.4 is 0 Å². The summed E-state index contributed by atoms with van der Waals surface area (Å²) in [7, 11) is 0. The summed E-state index contributed by atoms with van der Waals surface area (Å²) in [6, 6.07) is 26.3. The number of carboxylic acids is 2. The van der Waals surface area contributed by atoms with Gasteiger partial charge in [0.25, 0.3) is 0 Å². The molecule has 0 aliphatic carbocycles. The second kappa shape index (κ2) is 14.4. The Labute approximate surface area is 325 Å². The van der Waals surface area contributed by atoms with Gasteiger partial charge in [0.05, 0.1) is 33.6 Å². The van der Waals surface area contributed by atoms with Crippen LogP contribution in [-0.2, 0) is 0 Å². The van der Waals surface area contributed by atoms with Crippen molar-refractivity contribution in [2.45, 2.75) is 79.1 Å². The van der Waals surface area contributed by atoms with Crippen LogP contribution in [-0.4, -0.2) is 44.2 Å².